The fourth-order valence-electron chi connectivity index (χ4n) is 1.78. The van der Waals surface area contributed by atoms with Crippen LogP contribution < -0.4 is 5.73 Å². The largest absolute Gasteiger partial charge is 0.324 e. The summed E-state index contributed by atoms with van der Waals surface area (Å²) in [7, 11) is 0. The lowest BCUT2D eigenvalue weighted by atomic mass is 9.84. The predicted molar refractivity (Wildman–Crippen MR) is 67.1 cm³/mol. The zero-order chi connectivity index (χ0) is 11.6. The van der Waals surface area contributed by atoms with Crippen LogP contribution in [0.2, 0.25) is 0 Å². The Morgan fingerprint density at radius 3 is 2.27 bits per heavy atom. The van der Waals surface area contributed by atoms with Gasteiger partial charge in [0.2, 0.25) is 0 Å². The normalized spacial score (nSPS) is 14.0. The molecule has 1 aromatic rings. The highest BCUT2D eigenvalue weighted by molar-refractivity contribution is 5.36. The molecule has 15 heavy (non-hydrogen) atoms. The molecule has 0 aliphatic rings. The van der Waals surface area contributed by atoms with Crippen LogP contribution in [0.3, 0.4) is 0 Å². The molecule has 0 saturated heterocycles. The third-order valence-electron chi connectivity index (χ3n) is 2.98. The number of hydrogen-bond donors (Lipinski definition) is 1. The van der Waals surface area contributed by atoms with Crippen molar-refractivity contribution in [1.82, 2.24) is 0 Å². The van der Waals surface area contributed by atoms with Gasteiger partial charge in [0.1, 0.15) is 0 Å². The first kappa shape index (κ1) is 12.3. The van der Waals surface area contributed by atoms with Crippen molar-refractivity contribution in [2.24, 2.45) is 5.73 Å². The first-order valence-corrected chi connectivity index (χ1v) is 5.73. The summed E-state index contributed by atoms with van der Waals surface area (Å²) in [4.78, 5) is 0. The van der Waals surface area contributed by atoms with Crippen LogP contribution in [0.4, 0.5) is 0 Å². The third-order valence-corrected chi connectivity index (χ3v) is 2.98. The van der Waals surface area contributed by atoms with Gasteiger partial charge < -0.3 is 5.73 Å². The van der Waals surface area contributed by atoms with Gasteiger partial charge in [-0.2, -0.15) is 0 Å². The van der Waals surface area contributed by atoms with Crippen LogP contribution in [-0.4, -0.2) is 0 Å². The molecule has 1 unspecified atom stereocenters. The molecule has 1 atom stereocenters. The molecule has 84 valence electrons. The van der Waals surface area contributed by atoms with E-state index in [1.807, 2.05) is 0 Å². The van der Waals surface area contributed by atoms with E-state index in [2.05, 4.69) is 52.8 Å². The maximum Gasteiger partial charge on any atom is 0.0294 e. The molecule has 0 saturated carbocycles. The molecule has 0 aliphatic heterocycles. The molecule has 1 nitrogen and oxygen atoms in total. The molecule has 2 N–H and O–H groups in total. The topological polar surface area (TPSA) is 26.0 Å². The van der Waals surface area contributed by atoms with Crippen molar-refractivity contribution in [3.63, 3.8) is 0 Å². The van der Waals surface area contributed by atoms with E-state index in [4.69, 9.17) is 5.73 Å². The highest BCUT2D eigenvalue weighted by Crippen LogP contribution is 2.26. The van der Waals surface area contributed by atoms with E-state index in [0.717, 1.165) is 6.42 Å². The Balaban J connectivity index is 3.09. The summed E-state index contributed by atoms with van der Waals surface area (Å²) >= 11 is 0. The van der Waals surface area contributed by atoms with Gasteiger partial charge in [-0.1, -0.05) is 45.9 Å². The van der Waals surface area contributed by atoms with Gasteiger partial charge in [-0.3, -0.25) is 0 Å². The number of rotatable bonds is 2. The van der Waals surface area contributed by atoms with Gasteiger partial charge in [0.25, 0.3) is 0 Å². The number of benzene rings is 1. The molecule has 0 radical (unpaired) electrons. The third kappa shape index (κ3) is 2.82. The van der Waals surface area contributed by atoms with E-state index < -0.39 is 0 Å². The zero-order valence-corrected chi connectivity index (χ0v) is 10.6. The number of nitrogens with two attached hydrogens (primary N) is 1. The fourth-order valence-corrected chi connectivity index (χ4v) is 1.78. The Hall–Kier alpha value is -0.820. The molecule has 0 spiro atoms. The average molecular weight is 205 g/mol. The summed E-state index contributed by atoms with van der Waals surface area (Å²) in [5, 5.41) is 0. The molecular formula is C14H23N. The molecule has 0 bridgehead atoms. The zero-order valence-electron chi connectivity index (χ0n) is 10.6. The van der Waals surface area contributed by atoms with Crippen molar-refractivity contribution in [2.45, 2.75) is 52.5 Å². The molecule has 1 heteroatoms. The monoisotopic (exact) mass is 205 g/mol. The van der Waals surface area contributed by atoms with Crippen LogP contribution in [0.1, 0.15) is 56.8 Å². The second-order valence-electron chi connectivity index (χ2n) is 5.34. The van der Waals surface area contributed by atoms with Crippen molar-refractivity contribution in [2.75, 3.05) is 0 Å². The van der Waals surface area contributed by atoms with Gasteiger partial charge in [-0.05, 0) is 35.4 Å². The maximum absolute atomic E-state index is 6.05. The molecule has 0 amide bonds. The van der Waals surface area contributed by atoms with Crippen LogP contribution in [0.5, 0.6) is 0 Å². The summed E-state index contributed by atoms with van der Waals surface area (Å²) < 4.78 is 0. The summed E-state index contributed by atoms with van der Waals surface area (Å²) in [6.07, 6.45) is 0.996. The minimum atomic E-state index is 0.180. The Kier molecular flexibility index (Phi) is 3.56. The van der Waals surface area contributed by atoms with Gasteiger partial charge in [0.05, 0.1) is 0 Å². The summed E-state index contributed by atoms with van der Waals surface area (Å²) in [5.74, 6) is 0. The first-order valence-electron chi connectivity index (χ1n) is 5.73. The molecule has 0 fully saturated rings. The van der Waals surface area contributed by atoms with Crippen LogP contribution in [0, 0.1) is 6.92 Å². The van der Waals surface area contributed by atoms with Gasteiger partial charge in [0, 0.05) is 6.04 Å². The maximum atomic E-state index is 6.05. The van der Waals surface area contributed by atoms with E-state index in [1.165, 1.54) is 16.7 Å². The van der Waals surface area contributed by atoms with Crippen molar-refractivity contribution in [3.05, 3.63) is 34.9 Å². The highest BCUT2D eigenvalue weighted by Gasteiger charge is 2.15. The minimum absolute atomic E-state index is 0.180. The number of aryl methyl sites for hydroxylation is 1. The van der Waals surface area contributed by atoms with Crippen LogP contribution in [0.25, 0.3) is 0 Å². The quantitative estimate of drug-likeness (QED) is 0.782. The van der Waals surface area contributed by atoms with Crippen LogP contribution in [-0.2, 0) is 5.41 Å². The van der Waals surface area contributed by atoms with Gasteiger partial charge in [-0.15, -0.1) is 0 Å². The SMILES string of the molecule is CCC(N)c1ccc(C(C)(C)C)cc1C. The molecule has 0 heterocycles. The smallest absolute Gasteiger partial charge is 0.0294 e. The Bertz CT molecular complexity index is 334. The predicted octanol–water partition coefficient (Wildman–Crippen LogP) is 3.70. The summed E-state index contributed by atoms with van der Waals surface area (Å²) in [6, 6.07) is 6.84. The van der Waals surface area contributed by atoms with E-state index in [9.17, 15) is 0 Å². The van der Waals surface area contributed by atoms with Crippen LogP contribution in [0.15, 0.2) is 18.2 Å². The van der Waals surface area contributed by atoms with Crippen LogP contribution >= 0.6 is 0 Å². The van der Waals surface area contributed by atoms with Gasteiger partial charge in [0.15, 0.2) is 0 Å². The molecule has 0 aromatic heterocycles. The van der Waals surface area contributed by atoms with Crippen molar-refractivity contribution in [3.8, 4) is 0 Å². The Morgan fingerprint density at radius 1 is 1.27 bits per heavy atom. The summed E-state index contributed by atoms with van der Waals surface area (Å²) in [6.45, 7) is 11.0. The lowest BCUT2D eigenvalue weighted by molar-refractivity contribution is 0.588. The van der Waals surface area contributed by atoms with Crippen molar-refractivity contribution < 1.29 is 0 Å². The second kappa shape index (κ2) is 4.36. The fraction of sp³-hybridized carbons (Fsp3) is 0.571. The standard InChI is InChI=1S/C14H23N/c1-6-13(15)12-8-7-11(9-10(12)2)14(3,4)5/h7-9,13H,6,15H2,1-5H3. The summed E-state index contributed by atoms with van der Waals surface area (Å²) in [5.41, 5.74) is 10.3. The molecule has 1 aromatic carbocycles. The second-order valence-corrected chi connectivity index (χ2v) is 5.34. The van der Waals surface area contributed by atoms with Gasteiger partial charge in [-0.25, -0.2) is 0 Å². The lowest BCUT2D eigenvalue weighted by Gasteiger charge is -2.22. The molecule has 1 rings (SSSR count). The Morgan fingerprint density at radius 2 is 1.87 bits per heavy atom. The van der Waals surface area contributed by atoms with E-state index >= 15 is 0 Å². The lowest BCUT2D eigenvalue weighted by Crippen LogP contribution is -2.14. The number of hydrogen-bond acceptors (Lipinski definition) is 1. The van der Waals surface area contributed by atoms with Crippen molar-refractivity contribution in [1.29, 1.82) is 0 Å². The van der Waals surface area contributed by atoms with E-state index in [0.29, 0.717) is 0 Å². The minimum Gasteiger partial charge on any atom is -0.324 e. The van der Waals surface area contributed by atoms with E-state index in [-0.39, 0.29) is 11.5 Å². The molecular weight excluding hydrogens is 182 g/mol. The first-order chi connectivity index (χ1) is 6.86. The highest BCUT2D eigenvalue weighted by atomic mass is 14.6. The average Bonchev–Trinajstić information content (AvgIpc) is 2.15. The van der Waals surface area contributed by atoms with Gasteiger partial charge >= 0.3 is 0 Å². The molecule has 0 aliphatic carbocycles. The van der Waals surface area contributed by atoms with E-state index in [1.54, 1.807) is 0 Å². The van der Waals surface area contributed by atoms with Crippen molar-refractivity contribution >= 4 is 0 Å². The Labute approximate surface area is 93.7 Å².